The molecule has 0 spiro atoms. The van der Waals surface area contributed by atoms with Crippen LogP contribution in [0.15, 0.2) is 79.1 Å². The molecule has 0 radical (unpaired) electrons. The second-order valence-electron chi connectivity index (χ2n) is 7.22. The molecular formula is C24H18F4N4O. The van der Waals surface area contributed by atoms with Crippen LogP contribution in [0.2, 0.25) is 0 Å². The zero-order chi connectivity index (χ0) is 23.4. The first kappa shape index (κ1) is 22.2. The maximum absolute atomic E-state index is 13.7. The number of alkyl halides is 4. The number of rotatable bonds is 5. The molecule has 4 rings (SSSR count). The number of fused-ring (bicyclic) bond motifs is 1. The van der Waals surface area contributed by atoms with Gasteiger partial charge in [0, 0.05) is 17.8 Å². The Bertz CT molecular complexity index is 1270. The maximum atomic E-state index is 13.7. The molecule has 1 atom stereocenters. The van der Waals surface area contributed by atoms with E-state index in [-0.39, 0.29) is 5.69 Å². The first-order chi connectivity index (χ1) is 15.9. The van der Waals surface area contributed by atoms with Crippen LogP contribution >= 0.6 is 0 Å². The average molecular weight is 454 g/mol. The number of aromatic nitrogens is 2. The van der Waals surface area contributed by atoms with Crippen molar-refractivity contribution in [2.24, 2.45) is 0 Å². The first-order valence-electron chi connectivity index (χ1n) is 9.95. The summed E-state index contributed by atoms with van der Waals surface area (Å²) in [5.74, 6) is 0. The number of benzene rings is 2. The van der Waals surface area contributed by atoms with Crippen LogP contribution in [0.3, 0.4) is 0 Å². The lowest BCUT2D eigenvalue weighted by Crippen LogP contribution is -2.35. The fourth-order valence-electron chi connectivity index (χ4n) is 3.49. The Morgan fingerprint density at radius 1 is 0.909 bits per heavy atom. The molecule has 2 aromatic carbocycles. The molecule has 0 saturated carbocycles. The molecule has 0 aliphatic rings. The number of hydrogen-bond acceptors (Lipinski definition) is 3. The smallest absolute Gasteiger partial charge is 0.325 e. The van der Waals surface area contributed by atoms with Crippen LogP contribution in [-0.2, 0) is 12.9 Å². The van der Waals surface area contributed by atoms with Crippen LogP contribution in [0.5, 0.6) is 0 Å². The highest BCUT2D eigenvalue weighted by Gasteiger charge is 2.37. The molecule has 2 aromatic heterocycles. The number of urea groups is 1. The van der Waals surface area contributed by atoms with Gasteiger partial charge in [0.25, 0.3) is 0 Å². The van der Waals surface area contributed by atoms with Crippen LogP contribution in [0.25, 0.3) is 10.9 Å². The van der Waals surface area contributed by atoms with Crippen LogP contribution in [0.4, 0.5) is 28.0 Å². The van der Waals surface area contributed by atoms with Crippen LogP contribution in [-0.4, -0.2) is 16.0 Å². The number of carbonyl (C=O) groups excluding carboxylic acids is 1. The van der Waals surface area contributed by atoms with Crippen LogP contribution < -0.4 is 10.6 Å². The van der Waals surface area contributed by atoms with E-state index in [1.807, 2.05) is 0 Å². The van der Waals surface area contributed by atoms with E-state index in [2.05, 4.69) is 20.6 Å². The van der Waals surface area contributed by atoms with Gasteiger partial charge in [0.15, 0.2) is 0 Å². The van der Waals surface area contributed by atoms with Crippen molar-refractivity contribution in [3.8, 4) is 0 Å². The molecule has 5 nitrogen and oxygen atoms in total. The first-order valence-corrected chi connectivity index (χ1v) is 9.95. The van der Waals surface area contributed by atoms with Crippen LogP contribution in [0, 0.1) is 0 Å². The fourth-order valence-corrected chi connectivity index (χ4v) is 3.49. The maximum Gasteiger partial charge on any atom is 0.418 e. The van der Waals surface area contributed by atoms with Gasteiger partial charge in [-0.2, -0.15) is 13.2 Å². The molecule has 0 fully saturated rings. The predicted molar refractivity (Wildman–Crippen MR) is 116 cm³/mol. The van der Waals surface area contributed by atoms with E-state index in [1.54, 1.807) is 30.3 Å². The molecule has 0 aliphatic heterocycles. The van der Waals surface area contributed by atoms with E-state index in [0.29, 0.717) is 27.7 Å². The monoisotopic (exact) mass is 454 g/mol. The van der Waals surface area contributed by atoms with Gasteiger partial charge in [-0.05, 0) is 35.4 Å². The van der Waals surface area contributed by atoms with Crippen molar-refractivity contribution >= 4 is 22.6 Å². The molecule has 2 heterocycles. The Labute approximate surface area is 186 Å². The normalized spacial score (nSPS) is 12.4. The molecule has 2 N–H and O–H groups in total. The minimum Gasteiger partial charge on any atom is -0.325 e. The molecule has 0 aliphatic carbocycles. The molecule has 4 aromatic rings. The zero-order valence-electron chi connectivity index (χ0n) is 17.1. The molecular weight excluding hydrogens is 436 g/mol. The highest BCUT2D eigenvalue weighted by Crippen LogP contribution is 2.35. The topological polar surface area (TPSA) is 66.9 Å². The van der Waals surface area contributed by atoms with E-state index < -0.39 is 30.5 Å². The number of hydrogen-bond donors (Lipinski definition) is 2. The number of amides is 2. The van der Waals surface area contributed by atoms with Crippen molar-refractivity contribution in [1.29, 1.82) is 0 Å². The number of pyridine rings is 2. The second kappa shape index (κ2) is 9.23. The Kier molecular flexibility index (Phi) is 6.21. The number of nitrogens with one attached hydrogen (secondary N) is 2. The summed E-state index contributed by atoms with van der Waals surface area (Å²) in [6, 6.07) is 14.7. The molecule has 0 saturated heterocycles. The lowest BCUT2D eigenvalue weighted by Gasteiger charge is -2.23. The predicted octanol–water partition coefficient (Wildman–Crippen LogP) is 6.03. The largest absolute Gasteiger partial charge is 0.418 e. The third-order valence-corrected chi connectivity index (χ3v) is 5.06. The van der Waals surface area contributed by atoms with Gasteiger partial charge in [0.05, 0.1) is 28.5 Å². The Morgan fingerprint density at radius 2 is 1.67 bits per heavy atom. The molecule has 0 bridgehead atoms. The highest BCUT2D eigenvalue weighted by molar-refractivity contribution is 6.00. The van der Waals surface area contributed by atoms with Crippen LogP contribution in [0.1, 0.15) is 28.4 Å². The Balaban J connectivity index is 1.70. The van der Waals surface area contributed by atoms with E-state index in [9.17, 15) is 22.4 Å². The lowest BCUT2D eigenvalue weighted by molar-refractivity contribution is -0.138. The van der Waals surface area contributed by atoms with Gasteiger partial charge >= 0.3 is 12.2 Å². The van der Waals surface area contributed by atoms with Gasteiger partial charge in [-0.3, -0.25) is 9.97 Å². The van der Waals surface area contributed by atoms with Crippen molar-refractivity contribution in [2.75, 3.05) is 5.32 Å². The van der Waals surface area contributed by atoms with Gasteiger partial charge in [-0.25, -0.2) is 9.18 Å². The molecule has 2 amide bonds. The van der Waals surface area contributed by atoms with E-state index in [4.69, 9.17) is 0 Å². The molecule has 33 heavy (non-hydrogen) atoms. The third kappa shape index (κ3) is 4.92. The van der Waals surface area contributed by atoms with E-state index in [1.165, 1.54) is 42.7 Å². The molecule has 168 valence electrons. The SMILES string of the molecule is O=C(Nc1ccnc2ccccc12)N[C@@H](c1ccc(CF)cc1)c1ncccc1C(F)(F)F. The van der Waals surface area contributed by atoms with Crippen molar-refractivity contribution in [1.82, 2.24) is 15.3 Å². The minimum absolute atomic E-state index is 0.325. The highest BCUT2D eigenvalue weighted by atomic mass is 19.4. The van der Waals surface area contributed by atoms with Gasteiger partial charge in [0.1, 0.15) is 6.67 Å². The zero-order valence-corrected chi connectivity index (χ0v) is 17.1. The number of halogens is 4. The molecule has 0 unspecified atom stereocenters. The third-order valence-electron chi connectivity index (χ3n) is 5.06. The van der Waals surface area contributed by atoms with Gasteiger partial charge < -0.3 is 10.6 Å². The quantitative estimate of drug-likeness (QED) is 0.362. The average Bonchev–Trinajstić information content (AvgIpc) is 2.82. The van der Waals surface area contributed by atoms with Crippen molar-refractivity contribution in [3.63, 3.8) is 0 Å². The summed E-state index contributed by atoms with van der Waals surface area (Å²) < 4.78 is 54.0. The lowest BCUT2D eigenvalue weighted by atomic mass is 9.98. The summed E-state index contributed by atoms with van der Waals surface area (Å²) in [5.41, 5.74) is 0.444. The minimum atomic E-state index is -4.68. The standard InChI is InChI=1S/C24H18F4N4O/c25-14-15-7-9-16(10-8-15)21(22-18(24(26,27)28)5-3-12-30-22)32-23(33)31-20-11-13-29-19-6-2-1-4-17(19)20/h1-13,21H,14H2,(H2,29,31,32,33)/t21-/m0/s1. The summed E-state index contributed by atoms with van der Waals surface area (Å²) in [5, 5.41) is 5.94. The number of nitrogens with zero attached hydrogens (tertiary/aromatic N) is 2. The Hall–Kier alpha value is -4.01. The van der Waals surface area contributed by atoms with Crippen molar-refractivity contribution in [3.05, 3.63) is 102 Å². The molecule has 9 heteroatoms. The number of para-hydroxylation sites is 1. The van der Waals surface area contributed by atoms with E-state index in [0.717, 1.165) is 6.07 Å². The summed E-state index contributed by atoms with van der Waals surface area (Å²) >= 11 is 0. The summed E-state index contributed by atoms with van der Waals surface area (Å²) in [4.78, 5) is 21.0. The fraction of sp³-hybridized carbons (Fsp3) is 0.125. The van der Waals surface area contributed by atoms with Gasteiger partial charge in [-0.1, -0.05) is 42.5 Å². The van der Waals surface area contributed by atoms with Crippen molar-refractivity contribution < 1.29 is 22.4 Å². The summed E-state index contributed by atoms with van der Waals surface area (Å²) in [6.07, 6.45) is -1.94. The van der Waals surface area contributed by atoms with Crippen molar-refractivity contribution in [2.45, 2.75) is 18.9 Å². The summed E-state index contributed by atoms with van der Waals surface area (Å²) in [7, 11) is 0. The summed E-state index contributed by atoms with van der Waals surface area (Å²) in [6.45, 7) is -0.717. The number of anilines is 1. The number of carbonyl (C=O) groups is 1. The van der Waals surface area contributed by atoms with E-state index >= 15 is 0 Å². The van der Waals surface area contributed by atoms with Gasteiger partial charge in [-0.15, -0.1) is 0 Å². The van der Waals surface area contributed by atoms with Gasteiger partial charge in [0.2, 0.25) is 0 Å². The second-order valence-corrected chi connectivity index (χ2v) is 7.22. The Morgan fingerprint density at radius 3 is 2.39 bits per heavy atom.